The molecule has 1 aliphatic rings. The van der Waals surface area contributed by atoms with Gasteiger partial charge in [-0.2, -0.15) is 0 Å². The van der Waals surface area contributed by atoms with Crippen molar-refractivity contribution in [2.75, 3.05) is 13.1 Å². The van der Waals surface area contributed by atoms with E-state index in [0.717, 1.165) is 23.6 Å². The summed E-state index contributed by atoms with van der Waals surface area (Å²) in [5, 5.41) is 1.68. The number of hydrogen-bond donors (Lipinski definition) is 2. The summed E-state index contributed by atoms with van der Waals surface area (Å²) in [4.78, 5) is 0.337. The highest BCUT2D eigenvalue weighted by molar-refractivity contribution is 7.89. The summed E-state index contributed by atoms with van der Waals surface area (Å²) >= 11 is 0. The molecule has 0 saturated heterocycles. The summed E-state index contributed by atoms with van der Waals surface area (Å²) in [5.74, 6) is 0. The SMILES string of the molecule is NCC1(CNS(=O)(=O)c2cccc3ccccc23)CC1. The Kier molecular flexibility index (Phi) is 3.28. The van der Waals surface area contributed by atoms with Gasteiger partial charge in [-0.25, -0.2) is 13.1 Å². The van der Waals surface area contributed by atoms with E-state index in [1.54, 1.807) is 12.1 Å². The number of sulfonamides is 1. The summed E-state index contributed by atoms with van der Waals surface area (Å²) in [7, 11) is -3.50. The van der Waals surface area contributed by atoms with Gasteiger partial charge in [0.2, 0.25) is 10.0 Å². The zero-order valence-corrected chi connectivity index (χ0v) is 12.0. The monoisotopic (exact) mass is 290 g/mol. The lowest BCUT2D eigenvalue weighted by Crippen LogP contribution is -2.34. The Morgan fingerprint density at radius 3 is 2.50 bits per heavy atom. The molecule has 106 valence electrons. The highest BCUT2D eigenvalue weighted by Crippen LogP contribution is 2.44. The number of rotatable bonds is 5. The molecule has 0 spiro atoms. The number of nitrogens with two attached hydrogens (primary N) is 1. The number of hydrogen-bond acceptors (Lipinski definition) is 3. The maximum Gasteiger partial charge on any atom is 0.241 e. The Morgan fingerprint density at radius 1 is 1.10 bits per heavy atom. The fourth-order valence-corrected chi connectivity index (χ4v) is 3.77. The maximum absolute atomic E-state index is 12.5. The van der Waals surface area contributed by atoms with Crippen molar-refractivity contribution in [3.63, 3.8) is 0 Å². The molecule has 20 heavy (non-hydrogen) atoms. The van der Waals surface area contributed by atoms with Gasteiger partial charge in [0.05, 0.1) is 4.90 Å². The lowest BCUT2D eigenvalue weighted by molar-refractivity contribution is 0.501. The topological polar surface area (TPSA) is 72.2 Å². The van der Waals surface area contributed by atoms with E-state index >= 15 is 0 Å². The minimum Gasteiger partial charge on any atom is -0.330 e. The molecule has 1 aliphatic carbocycles. The first-order valence-electron chi connectivity index (χ1n) is 6.74. The molecular formula is C15H18N2O2S. The number of fused-ring (bicyclic) bond motifs is 1. The molecule has 0 atom stereocenters. The molecular weight excluding hydrogens is 272 g/mol. The number of benzene rings is 2. The van der Waals surface area contributed by atoms with E-state index in [9.17, 15) is 8.42 Å². The van der Waals surface area contributed by atoms with Gasteiger partial charge >= 0.3 is 0 Å². The van der Waals surface area contributed by atoms with Gasteiger partial charge < -0.3 is 5.73 Å². The van der Waals surface area contributed by atoms with Crippen LogP contribution in [0.2, 0.25) is 0 Å². The van der Waals surface area contributed by atoms with Gasteiger partial charge in [0.25, 0.3) is 0 Å². The Balaban J connectivity index is 1.93. The standard InChI is InChI=1S/C15H18N2O2S/c16-10-15(8-9-15)11-17-20(18,19)14-7-3-5-12-4-1-2-6-13(12)14/h1-7,17H,8-11,16H2. The van der Waals surface area contributed by atoms with Gasteiger partial charge in [0.15, 0.2) is 0 Å². The summed E-state index contributed by atoms with van der Waals surface area (Å²) < 4.78 is 27.7. The van der Waals surface area contributed by atoms with Crippen LogP contribution in [0.1, 0.15) is 12.8 Å². The molecule has 3 rings (SSSR count). The van der Waals surface area contributed by atoms with Gasteiger partial charge in [-0.1, -0.05) is 36.4 Å². The first kappa shape index (κ1) is 13.5. The van der Waals surface area contributed by atoms with Crippen LogP contribution in [0.3, 0.4) is 0 Å². The van der Waals surface area contributed by atoms with Gasteiger partial charge in [0.1, 0.15) is 0 Å². The lowest BCUT2D eigenvalue weighted by Gasteiger charge is -2.14. The normalized spacial score (nSPS) is 17.2. The lowest BCUT2D eigenvalue weighted by atomic mass is 10.1. The van der Waals surface area contributed by atoms with E-state index in [2.05, 4.69) is 4.72 Å². The Bertz CT molecular complexity index is 731. The second-order valence-corrected chi connectivity index (χ2v) is 7.24. The van der Waals surface area contributed by atoms with Crippen LogP contribution in [-0.2, 0) is 10.0 Å². The Labute approximate surface area is 119 Å². The van der Waals surface area contributed by atoms with Crippen LogP contribution in [0.4, 0.5) is 0 Å². The van der Waals surface area contributed by atoms with Crippen molar-refractivity contribution >= 4 is 20.8 Å². The molecule has 0 heterocycles. The van der Waals surface area contributed by atoms with Crippen molar-refractivity contribution < 1.29 is 8.42 Å². The van der Waals surface area contributed by atoms with Crippen molar-refractivity contribution in [2.24, 2.45) is 11.1 Å². The molecule has 0 amide bonds. The van der Waals surface area contributed by atoms with E-state index in [0.29, 0.717) is 18.0 Å². The Morgan fingerprint density at radius 2 is 1.80 bits per heavy atom. The van der Waals surface area contributed by atoms with Crippen molar-refractivity contribution in [3.05, 3.63) is 42.5 Å². The van der Waals surface area contributed by atoms with E-state index in [4.69, 9.17) is 5.73 Å². The van der Waals surface area contributed by atoms with Crippen LogP contribution >= 0.6 is 0 Å². The van der Waals surface area contributed by atoms with Crippen LogP contribution in [0.15, 0.2) is 47.4 Å². The summed E-state index contributed by atoms with van der Waals surface area (Å²) in [5.41, 5.74) is 5.68. The van der Waals surface area contributed by atoms with Gasteiger partial charge in [-0.15, -0.1) is 0 Å². The van der Waals surface area contributed by atoms with Crippen molar-refractivity contribution in [3.8, 4) is 0 Å². The van der Waals surface area contributed by atoms with E-state index in [-0.39, 0.29) is 5.41 Å². The zero-order chi connectivity index (χ0) is 14.2. The molecule has 0 radical (unpaired) electrons. The first-order valence-corrected chi connectivity index (χ1v) is 8.22. The fraction of sp³-hybridized carbons (Fsp3) is 0.333. The maximum atomic E-state index is 12.5. The predicted octanol–water partition coefficient (Wildman–Crippen LogP) is 1.86. The molecule has 0 aromatic heterocycles. The average Bonchev–Trinajstić information content (AvgIpc) is 3.25. The second kappa shape index (κ2) is 4.84. The molecule has 0 unspecified atom stereocenters. The molecule has 5 heteroatoms. The average molecular weight is 290 g/mol. The van der Waals surface area contributed by atoms with E-state index in [1.165, 1.54) is 0 Å². The van der Waals surface area contributed by atoms with Crippen LogP contribution < -0.4 is 10.5 Å². The Hall–Kier alpha value is -1.43. The van der Waals surface area contributed by atoms with Crippen molar-refractivity contribution in [1.29, 1.82) is 0 Å². The highest BCUT2D eigenvalue weighted by Gasteiger charge is 2.41. The van der Waals surface area contributed by atoms with Gasteiger partial charge in [-0.3, -0.25) is 0 Å². The quantitative estimate of drug-likeness (QED) is 0.883. The third-order valence-corrected chi connectivity index (χ3v) is 5.53. The first-order chi connectivity index (χ1) is 9.56. The van der Waals surface area contributed by atoms with Gasteiger partial charge in [-0.05, 0) is 36.3 Å². The fourth-order valence-electron chi connectivity index (χ4n) is 2.39. The van der Waals surface area contributed by atoms with Crippen molar-refractivity contribution in [1.82, 2.24) is 4.72 Å². The summed E-state index contributed by atoms with van der Waals surface area (Å²) in [6.45, 7) is 0.958. The van der Waals surface area contributed by atoms with Crippen molar-refractivity contribution in [2.45, 2.75) is 17.7 Å². The smallest absolute Gasteiger partial charge is 0.241 e. The van der Waals surface area contributed by atoms with Crippen LogP contribution in [0.25, 0.3) is 10.8 Å². The third kappa shape index (κ3) is 2.44. The predicted molar refractivity (Wildman–Crippen MR) is 79.9 cm³/mol. The van der Waals surface area contributed by atoms with Gasteiger partial charge in [0, 0.05) is 11.9 Å². The van der Waals surface area contributed by atoms with E-state index < -0.39 is 10.0 Å². The second-order valence-electron chi connectivity index (χ2n) is 5.51. The third-order valence-electron chi connectivity index (χ3n) is 4.07. The van der Waals surface area contributed by atoms with Crippen LogP contribution in [0, 0.1) is 5.41 Å². The minimum atomic E-state index is -3.50. The molecule has 2 aromatic rings. The van der Waals surface area contributed by atoms with Crippen LogP contribution in [-0.4, -0.2) is 21.5 Å². The summed E-state index contributed by atoms with van der Waals surface area (Å²) in [6.07, 6.45) is 2.00. The highest BCUT2D eigenvalue weighted by atomic mass is 32.2. The molecule has 1 saturated carbocycles. The number of nitrogens with one attached hydrogen (secondary N) is 1. The largest absolute Gasteiger partial charge is 0.330 e. The molecule has 2 aromatic carbocycles. The van der Waals surface area contributed by atoms with E-state index in [1.807, 2.05) is 30.3 Å². The molecule has 0 bridgehead atoms. The minimum absolute atomic E-state index is 0.0162. The molecule has 3 N–H and O–H groups in total. The summed E-state index contributed by atoms with van der Waals surface area (Å²) in [6, 6.07) is 12.8. The molecule has 4 nitrogen and oxygen atoms in total. The molecule has 0 aliphatic heterocycles. The zero-order valence-electron chi connectivity index (χ0n) is 11.2. The molecule has 1 fully saturated rings. The van der Waals surface area contributed by atoms with Crippen LogP contribution in [0.5, 0.6) is 0 Å².